The number of nitrogens with two attached hydrogens (primary N) is 2. The van der Waals surface area contributed by atoms with Crippen LogP contribution in [0.1, 0.15) is 0 Å². The Morgan fingerprint density at radius 1 is 1.25 bits per heavy atom. The number of halogens is 1. The molecule has 0 unspecified atom stereocenters. The maximum Gasteiger partial charge on any atom is 0.306 e. The van der Waals surface area contributed by atoms with Crippen LogP contribution in [0.3, 0.4) is 0 Å². The summed E-state index contributed by atoms with van der Waals surface area (Å²) < 4.78 is 0. The molecule has 0 spiro atoms. The van der Waals surface area contributed by atoms with E-state index < -0.39 is 11.8 Å². The molecule has 0 radical (unpaired) electrons. The van der Waals surface area contributed by atoms with E-state index >= 15 is 0 Å². The highest BCUT2D eigenvalue weighted by Crippen LogP contribution is 1.85. The van der Waals surface area contributed by atoms with Crippen LogP contribution in [0.4, 0.5) is 0 Å². The first-order valence-electron chi connectivity index (χ1n) is 2.56. The summed E-state index contributed by atoms with van der Waals surface area (Å²) in [5, 5.41) is 1.93. The predicted molar refractivity (Wildman–Crippen MR) is 55.9 cm³/mol. The summed E-state index contributed by atoms with van der Waals surface area (Å²) in [5.74, 6) is -2.20. The zero-order chi connectivity index (χ0) is 8.69. The van der Waals surface area contributed by atoms with Gasteiger partial charge < -0.3 is 11.5 Å². The summed E-state index contributed by atoms with van der Waals surface area (Å²) in [6.07, 6.45) is 1.77. The minimum absolute atomic E-state index is 0. The molecule has 2 amide bonds. The number of hydrogen-bond acceptors (Lipinski definition) is 4. The van der Waals surface area contributed by atoms with E-state index in [0.717, 1.165) is 0 Å². The summed E-state index contributed by atoms with van der Waals surface area (Å²) in [5.41, 5.74) is 10.4. The average Bonchev–Trinajstić information content (AvgIpc) is 2.41. The van der Waals surface area contributed by atoms with Gasteiger partial charge >= 0.3 is 11.8 Å². The van der Waals surface area contributed by atoms with Crippen LogP contribution in [0, 0.1) is 0 Å². The summed E-state index contributed by atoms with van der Waals surface area (Å²) in [4.78, 5) is 22.6. The van der Waals surface area contributed by atoms with Crippen molar-refractivity contribution in [3.05, 3.63) is 17.1 Å². The Kier molecular flexibility index (Phi) is 9.70. The molecule has 1 aromatic heterocycles. The van der Waals surface area contributed by atoms with E-state index in [-0.39, 0.29) is 24.0 Å². The molecular formula is C5H8IN3O2S. The Labute approximate surface area is 90.2 Å². The molecule has 0 saturated heterocycles. The Morgan fingerprint density at radius 2 is 1.75 bits per heavy atom. The van der Waals surface area contributed by atoms with E-state index in [9.17, 15) is 9.59 Å². The molecule has 68 valence electrons. The van der Waals surface area contributed by atoms with Crippen molar-refractivity contribution < 1.29 is 9.59 Å². The van der Waals surface area contributed by atoms with E-state index in [0.29, 0.717) is 0 Å². The van der Waals surface area contributed by atoms with E-state index in [1.54, 1.807) is 23.0 Å². The van der Waals surface area contributed by atoms with Crippen LogP contribution in [0.25, 0.3) is 0 Å². The minimum atomic E-state index is -1.10. The van der Waals surface area contributed by atoms with Gasteiger partial charge in [0.1, 0.15) is 0 Å². The van der Waals surface area contributed by atoms with Crippen LogP contribution < -0.4 is 11.5 Å². The van der Waals surface area contributed by atoms with Crippen molar-refractivity contribution in [3.63, 3.8) is 0 Å². The molecule has 1 aromatic rings. The van der Waals surface area contributed by atoms with Gasteiger partial charge in [0.05, 0.1) is 5.51 Å². The van der Waals surface area contributed by atoms with Gasteiger partial charge in [-0.2, -0.15) is 0 Å². The highest BCUT2D eigenvalue weighted by Gasteiger charge is 1.96. The molecule has 5 nitrogen and oxygen atoms in total. The molecule has 0 saturated carbocycles. The molecule has 0 atom stereocenters. The zero-order valence-electron chi connectivity index (χ0n) is 5.97. The number of carbonyl (C=O) groups is 2. The van der Waals surface area contributed by atoms with Crippen molar-refractivity contribution >= 4 is 47.1 Å². The number of amides is 2. The van der Waals surface area contributed by atoms with Gasteiger partial charge in [-0.05, 0) is 0 Å². The quantitative estimate of drug-likeness (QED) is 0.509. The van der Waals surface area contributed by atoms with Crippen LogP contribution >= 0.6 is 35.3 Å². The molecule has 1 heterocycles. The monoisotopic (exact) mass is 301 g/mol. The molecule has 7 heteroatoms. The molecule has 0 aliphatic carbocycles. The SMILES string of the molecule is I.NC(=O)C(N)=O.c1cscn1. The lowest BCUT2D eigenvalue weighted by Gasteiger charge is -1.75. The van der Waals surface area contributed by atoms with Gasteiger partial charge in [-0.25, -0.2) is 0 Å². The van der Waals surface area contributed by atoms with E-state index in [1.807, 2.05) is 5.38 Å². The molecule has 1 rings (SSSR count). The van der Waals surface area contributed by atoms with Crippen LogP contribution in [0.2, 0.25) is 0 Å². The topological polar surface area (TPSA) is 99.1 Å². The molecular weight excluding hydrogens is 293 g/mol. The first kappa shape index (κ1) is 13.9. The van der Waals surface area contributed by atoms with Crippen LogP contribution in [-0.2, 0) is 9.59 Å². The summed E-state index contributed by atoms with van der Waals surface area (Å²) in [6, 6.07) is 0. The fourth-order valence-corrected chi connectivity index (χ4v) is 0.527. The first-order valence-corrected chi connectivity index (χ1v) is 3.50. The predicted octanol–water partition coefficient (Wildman–Crippen LogP) is -0.282. The molecule has 4 N–H and O–H groups in total. The van der Waals surface area contributed by atoms with Crippen molar-refractivity contribution in [2.45, 2.75) is 0 Å². The van der Waals surface area contributed by atoms with Crippen molar-refractivity contribution in [1.29, 1.82) is 0 Å². The number of hydrogen-bond donors (Lipinski definition) is 2. The van der Waals surface area contributed by atoms with Gasteiger partial charge in [0.15, 0.2) is 0 Å². The van der Waals surface area contributed by atoms with Gasteiger partial charge in [-0.3, -0.25) is 14.6 Å². The van der Waals surface area contributed by atoms with E-state index in [4.69, 9.17) is 0 Å². The smallest absolute Gasteiger partial charge is 0.306 e. The molecule has 0 fully saturated rings. The molecule has 0 bridgehead atoms. The van der Waals surface area contributed by atoms with Crippen LogP contribution in [0.5, 0.6) is 0 Å². The number of thiazole rings is 1. The average molecular weight is 301 g/mol. The lowest BCUT2D eigenvalue weighted by atomic mass is 10.6. The van der Waals surface area contributed by atoms with E-state index in [1.165, 1.54) is 0 Å². The third-order valence-electron chi connectivity index (χ3n) is 0.590. The standard InChI is InChI=1S/C3H3NS.C2H4N2O2.HI/c1-2-5-3-4-1;3-1(5)2(4)6;/h1-3H;(H2,3,5)(H2,4,6);1H. The Morgan fingerprint density at radius 3 is 1.83 bits per heavy atom. The van der Waals surface area contributed by atoms with Crippen LogP contribution in [0.15, 0.2) is 17.1 Å². The number of carbonyl (C=O) groups excluding carboxylic acids is 2. The van der Waals surface area contributed by atoms with Gasteiger partial charge in [0.2, 0.25) is 0 Å². The fourth-order valence-electron chi connectivity index (χ4n) is 0.176. The molecule has 0 aliphatic rings. The second-order valence-electron chi connectivity index (χ2n) is 1.40. The zero-order valence-corrected chi connectivity index (χ0v) is 9.11. The Hall–Kier alpha value is -0.700. The normalized spacial score (nSPS) is 7.00. The second-order valence-corrected chi connectivity index (χ2v) is 2.16. The molecule has 0 aromatic carbocycles. The Bertz CT molecular complexity index is 197. The van der Waals surface area contributed by atoms with Gasteiger partial charge in [0, 0.05) is 11.6 Å². The maximum atomic E-state index is 9.45. The highest BCUT2D eigenvalue weighted by atomic mass is 127. The third kappa shape index (κ3) is 9.30. The maximum absolute atomic E-state index is 9.45. The fraction of sp³-hybridized carbons (Fsp3) is 0. The Balaban J connectivity index is 0. The minimum Gasteiger partial charge on any atom is -0.361 e. The lowest BCUT2D eigenvalue weighted by molar-refractivity contribution is -0.135. The summed E-state index contributed by atoms with van der Waals surface area (Å²) >= 11 is 1.60. The first-order chi connectivity index (χ1) is 5.14. The molecule has 0 aliphatic heterocycles. The van der Waals surface area contributed by atoms with Gasteiger partial charge in [0.25, 0.3) is 0 Å². The summed E-state index contributed by atoms with van der Waals surface area (Å²) in [7, 11) is 0. The number of rotatable bonds is 0. The second kappa shape index (κ2) is 8.40. The highest BCUT2D eigenvalue weighted by molar-refractivity contribution is 14.0. The third-order valence-corrected chi connectivity index (χ3v) is 1.11. The summed E-state index contributed by atoms with van der Waals surface area (Å²) in [6.45, 7) is 0. The molecule has 12 heavy (non-hydrogen) atoms. The van der Waals surface area contributed by atoms with E-state index in [2.05, 4.69) is 16.5 Å². The number of nitrogens with zero attached hydrogens (tertiary/aromatic N) is 1. The number of primary amides is 2. The lowest BCUT2D eigenvalue weighted by Crippen LogP contribution is -2.29. The largest absolute Gasteiger partial charge is 0.361 e. The van der Waals surface area contributed by atoms with Crippen molar-refractivity contribution in [2.24, 2.45) is 11.5 Å². The van der Waals surface area contributed by atoms with Gasteiger partial charge in [-0.1, -0.05) is 0 Å². The van der Waals surface area contributed by atoms with Crippen molar-refractivity contribution in [2.75, 3.05) is 0 Å². The number of aromatic nitrogens is 1. The van der Waals surface area contributed by atoms with Crippen LogP contribution in [-0.4, -0.2) is 16.8 Å². The van der Waals surface area contributed by atoms with Crippen molar-refractivity contribution in [3.8, 4) is 0 Å². The van der Waals surface area contributed by atoms with Gasteiger partial charge in [-0.15, -0.1) is 35.3 Å². The van der Waals surface area contributed by atoms with Crippen molar-refractivity contribution in [1.82, 2.24) is 4.98 Å².